The molecular formula is C11H26N2O2. The number of nitrogens with zero attached hydrogens (tertiary/aromatic N) is 1. The lowest BCUT2D eigenvalue weighted by Crippen LogP contribution is -2.49. The summed E-state index contributed by atoms with van der Waals surface area (Å²) < 4.78 is 10.3. The van der Waals surface area contributed by atoms with E-state index in [0.29, 0.717) is 24.5 Å². The van der Waals surface area contributed by atoms with Gasteiger partial charge in [-0.05, 0) is 19.9 Å². The van der Waals surface area contributed by atoms with Crippen LogP contribution >= 0.6 is 0 Å². The number of hydrogen-bond donors (Lipinski definition) is 1. The molecule has 4 nitrogen and oxygen atoms in total. The Morgan fingerprint density at radius 3 is 2.07 bits per heavy atom. The largest absolute Gasteiger partial charge is 0.384 e. The number of likely N-dealkylation sites (N-methyl/N-ethyl adjacent to an activating group) is 1. The molecule has 0 saturated heterocycles. The summed E-state index contributed by atoms with van der Waals surface area (Å²) in [6.45, 7) is 6.43. The highest BCUT2D eigenvalue weighted by Gasteiger charge is 2.23. The van der Waals surface area contributed by atoms with E-state index in [1.165, 1.54) is 0 Å². The van der Waals surface area contributed by atoms with Gasteiger partial charge in [0.2, 0.25) is 0 Å². The Labute approximate surface area is 93.7 Å². The van der Waals surface area contributed by atoms with E-state index < -0.39 is 0 Å². The van der Waals surface area contributed by atoms with Crippen molar-refractivity contribution in [2.75, 3.05) is 41.0 Å². The summed E-state index contributed by atoms with van der Waals surface area (Å²) in [7, 11) is 5.54. The third-order valence-electron chi connectivity index (χ3n) is 2.95. The van der Waals surface area contributed by atoms with Crippen LogP contribution in [0, 0.1) is 5.92 Å². The molecule has 92 valence electrons. The monoisotopic (exact) mass is 218 g/mol. The standard InChI is InChI=1S/C11H26N2O2/c1-9(7-14-4)11(6-12)13(3)10(2)8-15-5/h9-11H,6-8,12H2,1-5H3. The van der Waals surface area contributed by atoms with Gasteiger partial charge >= 0.3 is 0 Å². The molecule has 0 saturated carbocycles. The lowest BCUT2D eigenvalue weighted by atomic mass is 10.0. The van der Waals surface area contributed by atoms with Gasteiger partial charge in [0, 0.05) is 32.8 Å². The van der Waals surface area contributed by atoms with Gasteiger partial charge in [-0.25, -0.2) is 0 Å². The summed E-state index contributed by atoms with van der Waals surface area (Å²) in [4.78, 5) is 2.27. The van der Waals surface area contributed by atoms with Crippen LogP contribution in [0.3, 0.4) is 0 Å². The van der Waals surface area contributed by atoms with Crippen LogP contribution < -0.4 is 5.73 Å². The first kappa shape index (κ1) is 14.8. The Morgan fingerprint density at radius 2 is 1.67 bits per heavy atom. The molecule has 0 bridgehead atoms. The highest BCUT2D eigenvalue weighted by Crippen LogP contribution is 2.12. The number of ether oxygens (including phenoxy) is 2. The molecular weight excluding hydrogens is 192 g/mol. The zero-order valence-corrected chi connectivity index (χ0v) is 10.7. The van der Waals surface area contributed by atoms with E-state index >= 15 is 0 Å². The first-order valence-corrected chi connectivity index (χ1v) is 5.48. The lowest BCUT2D eigenvalue weighted by Gasteiger charge is -2.35. The second-order valence-corrected chi connectivity index (χ2v) is 4.21. The fourth-order valence-corrected chi connectivity index (χ4v) is 1.86. The molecule has 0 aromatic heterocycles. The van der Waals surface area contributed by atoms with Crippen molar-refractivity contribution in [3.8, 4) is 0 Å². The van der Waals surface area contributed by atoms with E-state index in [1.807, 2.05) is 0 Å². The smallest absolute Gasteiger partial charge is 0.0615 e. The molecule has 3 unspecified atom stereocenters. The van der Waals surface area contributed by atoms with Gasteiger partial charge in [0.15, 0.2) is 0 Å². The molecule has 0 radical (unpaired) electrons. The van der Waals surface area contributed by atoms with Crippen molar-refractivity contribution in [2.24, 2.45) is 11.7 Å². The Morgan fingerprint density at radius 1 is 1.13 bits per heavy atom. The first-order valence-electron chi connectivity index (χ1n) is 5.48. The highest BCUT2D eigenvalue weighted by atomic mass is 16.5. The Kier molecular flexibility index (Phi) is 7.96. The third-order valence-corrected chi connectivity index (χ3v) is 2.95. The number of methoxy groups -OCH3 is 2. The van der Waals surface area contributed by atoms with Crippen LogP contribution in [-0.2, 0) is 9.47 Å². The average Bonchev–Trinajstić information content (AvgIpc) is 2.19. The topological polar surface area (TPSA) is 47.7 Å². The minimum atomic E-state index is 0.343. The van der Waals surface area contributed by atoms with E-state index in [1.54, 1.807) is 14.2 Å². The van der Waals surface area contributed by atoms with Crippen molar-refractivity contribution in [3.63, 3.8) is 0 Å². The summed E-state index contributed by atoms with van der Waals surface area (Å²) in [6, 6.07) is 0.720. The van der Waals surface area contributed by atoms with E-state index in [-0.39, 0.29) is 0 Å². The minimum absolute atomic E-state index is 0.343. The normalized spacial score (nSPS) is 17.8. The van der Waals surface area contributed by atoms with Gasteiger partial charge in [-0.15, -0.1) is 0 Å². The molecule has 0 heterocycles. The molecule has 0 rings (SSSR count). The molecule has 0 aliphatic carbocycles. The van der Waals surface area contributed by atoms with Crippen molar-refractivity contribution in [1.29, 1.82) is 0 Å². The zero-order chi connectivity index (χ0) is 11.8. The minimum Gasteiger partial charge on any atom is -0.384 e. The molecule has 0 amide bonds. The summed E-state index contributed by atoms with van der Waals surface area (Å²) in [5.74, 6) is 0.435. The second-order valence-electron chi connectivity index (χ2n) is 4.21. The van der Waals surface area contributed by atoms with Crippen LogP contribution in [0.2, 0.25) is 0 Å². The molecule has 4 heteroatoms. The number of hydrogen-bond acceptors (Lipinski definition) is 4. The fourth-order valence-electron chi connectivity index (χ4n) is 1.86. The maximum absolute atomic E-state index is 5.80. The van der Waals surface area contributed by atoms with Crippen molar-refractivity contribution in [1.82, 2.24) is 4.90 Å². The zero-order valence-electron chi connectivity index (χ0n) is 10.7. The molecule has 3 atom stereocenters. The number of rotatable bonds is 8. The van der Waals surface area contributed by atoms with Gasteiger partial charge in [0.05, 0.1) is 13.2 Å². The van der Waals surface area contributed by atoms with E-state index in [4.69, 9.17) is 15.2 Å². The van der Waals surface area contributed by atoms with Crippen molar-refractivity contribution >= 4 is 0 Å². The summed E-state index contributed by atoms with van der Waals surface area (Å²) >= 11 is 0. The first-order chi connectivity index (χ1) is 7.08. The van der Waals surface area contributed by atoms with Gasteiger partial charge in [0.1, 0.15) is 0 Å². The SMILES string of the molecule is COCC(C)C(CN)N(C)C(C)COC. The third kappa shape index (κ3) is 4.93. The average molecular weight is 218 g/mol. The molecule has 0 fully saturated rings. The molecule has 0 spiro atoms. The van der Waals surface area contributed by atoms with Crippen LogP contribution in [0.15, 0.2) is 0 Å². The summed E-state index contributed by atoms with van der Waals surface area (Å²) in [5.41, 5.74) is 5.80. The molecule has 0 aliphatic rings. The maximum Gasteiger partial charge on any atom is 0.0615 e. The molecule has 0 aromatic carbocycles. The van der Waals surface area contributed by atoms with E-state index in [9.17, 15) is 0 Å². The second kappa shape index (κ2) is 8.05. The van der Waals surface area contributed by atoms with Gasteiger partial charge in [-0.2, -0.15) is 0 Å². The molecule has 0 aromatic rings. The molecule has 15 heavy (non-hydrogen) atoms. The lowest BCUT2D eigenvalue weighted by molar-refractivity contribution is 0.0489. The fraction of sp³-hybridized carbons (Fsp3) is 1.00. The quantitative estimate of drug-likeness (QED) is 0.647. The Hall–Kier alpha value is -0.160. The highest BCUT2D eigenvalue weighted by molar-refractivity contribution is 4.79. The number of nitrogens with two attached hydrogens (primary N) is 1. The van der Waals surface area contributed by atoms with Crippen molar-refractivity contribution < 1.29 is 9.47 Å². The molecule has 0 aliphatic heterocycles. The van der Waals surface area contributed by atoms with Crippen LogP contribution in [0.4, 0.5) is 0 Å². The molecule has 2 N–H and O–H groups in total. The predicted octanol–water partition coefficient (Wildman–Crippen LogP) is 0.563. The van der Waals surface area contributed by atoms with Gasteiger partial charge in [-0.3, -0.25) is 4.90 Å². The Bertz CT molecular complexity index is 156. The van der Waals surface area contributed by atoms with Gasteiger partial charge in [-0.1, -0.05) is 6.92 Å². The van der Waals surface area contributed by atoms with Crippen LogP contribution in [-0.4, -0.2) is 58.0 Å². The van der Waals surface area contributed by atoms with Crippen molar-refractivity contribution in [3.05, 3.63) is 0 Å². The van der Waals surface area contributed by atoms with E-state index in [0.717, 1.165) is 13.2 Å². The maximum atomic E-state index is 5.80. The predicted molar refractivity (Wildman–Crippen MR) is 63.0 cm³/mol. The van der Waals surface area contributed by atoms with Crippen molar-refractivity contribution in [2.45, 2.75) is 25.9 Å². The van der Waals surface area contributed by atoms with E-state index in [2.05, 4.69) is 25.8 Å². The summed E-state index contributed by atoms with van der Waals surface area (Å²) in [5, 5.41) is 0. The Balaban J connectivity index is 4.24. The van der Waals surface area contributed by atoms with Gasteiger partial charge < -0.3 is 15.2 Å². The van der Waals surface area contributed by atoms with Gasteiger partial charge in [0.25, 0.3) is 0 Å². The van der Waals surface area contributed by atoms with Crippen LogP contribution in [0.5, 0.6) is 0 Å². The van der Waals surface area contributed by atoms with Crippen LogP contribution in [0.1, 0.15) is 13.8 Å². The summed E-state index contributed by atoms with van der Waals surface area (Å²) in [6.07, 6.45) is 0. The van der Waals surface area contributed by atoms with Crippen LogP contribution in [0.25, 0.3) is 0 Å².